The molecule has 3 rings (SSSR count). The smallest absolute Gasteiger partial charge is 0.192 e. The van der Waals surface area contributed by atoms with E-state index in [1.54, 1.807) is 0 Å². The molecule has 3 nitrogen and oxygen atoms in total. The summed E-state index contributed by atoms with van der Waals surface area (Å²) >= 11 is 0. The number of guanidine groups is 1. The molecule has 19 heavy (non-hydrogen) atoms. The fourth-order valence-electron chi connectivity index (χ4n) is 3.43. The lowest BCUT2D eigenvalue weighted by Crippen LogP contribution is -2.43. The van der Waals surface area contributed by atoms with Crippen molar-refractivity contribution in [3.63, 3.8) is 0 Å². The largest absolute Gasteiger partial charge is 0.370 e. The molecule has 0 radical (unpaired) electrons. The fraction of sp³-hybridized carbons (Fsp3) is 0.562. The maximum absolute atomic E-state index is 6.16. The topological polar surface area (TPSA) is 41.6 Å². The van der Waals surface area contributed by atoms with Crippen molar-refractivity contribution in [1.29, 1.82) is 0 Å². The minimum atomic E-state index is 0.351. The first-order valence-electron chi connectivity index (χ1n) is 7.49. The highest BCUT2D eigenvalue weighted by Gasteiger charge is 2.33. The molecule has 0 aromatic heterocycles. The van der Waals surface area contributed by atoms with Gasteiger partial charge in [-0.3, -0.25) is 4.99 Å². The Bertz CT molecular complexity index is 433. The normalized spacial score (nSPS) is 25.2. The Morgan fingerprint density at radius 3 is 2.37 bits per heavy atom. The van der Waals surface area contributed by atoms with E-state index in [4.69, 9.17) is 5.73 Å². The van der Waals surface area contributed by atoms with Crippen molar-refractivity contribution in [3.05, 3.63) is 35.9 Å². The van der Waals surface area contributed by atoms with E-state index in [1.807, 2.05) is 0 Å². The summed E-state index contributed by atoms with van der Waals surface area (Å²) in [5, 5.41) is 0. The van der Waals surface area contributed by atoms with Crippen LogP contribution in [0.4, 0.5) is 0 Å². The van der Waals surface area contributed by atoms with Crippen LogP contribution in [-0.4, -0.2) is 23.4 Å². The molecule has 1 heterocycles. The van der Waals surface area contributed by atoms with E-state index >= 15 is 0 Å². The van der Waals surface area contributed by atoms with E-state index in [0.29, 0.717) is 12.1 Å². The van der Waals surface area contributed by atoms with Crippen molar-refractivity contribution in [2.45, 2.75) is 50.6 Å². The van der Waals surface area contributed by atoms with Gasteiger partial charge in [-0.05, 0) is 18.4 Å². The average Bonchev–Trinajstić information content (AvgIpc) is 2.66. The van der Waals surface area contributed by atoms with Crippen LogP contribution >= 0.6 is 0 Å². The van der Waals surface area contributed by atoms with Gasteiger partial charge in [0.1, 0.15) is 0 Å². The molecule has 1 saturated carbocycles. The van der Waals surface area contributed by atoms with Gasteiger partial charge in [0.05, 0.1) is 12.6 Å². The zero-order chi connectivity index (χ0) is 13.1. The number of aliphatic imine (C=N–C) groups is 1. The number of hydrogen-bond acceptors (Lipinski definition) is 3. The Hall–Kier alpha value is -1.51. The summed E-state index contributed by atoms with van der Waals surface area (Å²) in [6.45, 7) is 0.812. The van der Waals surface area contributed by atoms with Gasteiger partial charge in [0, 0.05) is 6.04 Å². The molecular weight excluding hydrogens is 234 g/mol. The zero-order valence-electron chi connectivity index (χ0n) is 11.5. The summed E-state index contributed by atoms with van der Waals surface area (Å²) in [5.41, 5.74) is 7.51. The molecule has 1 aromatic carbocycles. The van der Waals surface area contributed by atoms with E-state index in [-0.39, 0.29) is 0 Å². The van der Waals surface area contributed by atoms with E-state index in [0.717, 1.165) is 12.5 Å². The van der Waals surface area contributed by atoms with Gasteiger partial charge in [-0.2, -0.15) is 0 Å². The van der Waals surface area contributed by atoms with Crippen LogP contribution in [0.15, 0.2) is 35.3 Å². The van der Waals surface area contributed by atoms with Gasteiger partial charge in [-0.15, -0.1) is 0 Å². The fourth-order valence-corrected chi connectivity index (χ4v) is 3.43. The molecule has 1 aliphatic heterocycles. The second kappa shape index (κ2) is 5.64. The van der Waals surface area contributed by atoms with Crippen LogP contribution in [0.2, 0.25) is 0 Å². The molecule has 2 N–H and O–H groups in total. The van der Waals surface area contributed by atoms with E-state index in [1.165, 1.54) is 44.1 Å². The first-order chi connectivity index (χ1) is 9.36. The van der Waals surface area contributed by atoms with E-state index < -0.39 is 0 Å². The predicted octanol–water partition coefficient (Wildman–Crippen LogP) is 3.08. The Morgan fingerprint density at radius 1 is 1.00 bits per heavy atom. The van der Waals surface area contributed by atoms with Crippen LogP contribution in [0.1, 0.15) is 50.1 Å². The lowest BCUT2D eigenvalue weighted by atomic mass is 10.0. The maximum Gasteiger partial charge on any atom is 0.192 e. The SMILES string of the molecule is NC1=NCC(c2ccccc2)N1C1CCCCCC1. The molecule has 0 amide bonds. The Labute approximate surface area is 115 Å². The summed E-state index contributed by atoms with van der Waals surface area (Å²) in [6, 6.07) is 11.6. The van der Waals surface area contributed by atoms with Crippen LogP contribution in [0.25, 0.3) is 0 Å². The molecule has 1 aliphatic carbocycles. The lowest BCUT2D eigenvalue weighted by molar-refractivity contribution is 0.237. The number of benzene rings is 1. The molecule has 0 spiro atoms. The molecule has 102 valence electrons. The van der Waals surface area contributed by atoms with Gasteiger partial charge in [0.2, 0.25) is 0 Å². The van der Waals surface area contributed by atoms with Crippen LogP contribution in [0.3, 0.4) is 0 Å². The van der Waals surface area contributed by atoms with E-state index in [2.05, 4.69) is 40.2 Å². The molecule has 0 saturated heterocycles. The Kier molecular flexibility index (Phi) is 3.72. The van der Waals surface area contributed by atoms with Crippen molar-refractivity contribution in [3.8, 4) is 0 Å². The molecule has 3 heteroatoms. The molecular formula is C16H23N3. The second-order valence-corrected chi connectivity index (χ2v) is 5.68. The molecule has 1 unspecified atom stereocenters. The van der Waals surface area contributed by atoms with Crippen molar-refractivity contribution >= 4 is 5.96 Å². The second-order valence-electron chi connectivity index (χ2n) is 5.68. The standard InChI is InChI=1S/C16H23N3/c17-16-18-12-15(13-8-4-3-5-9-13)19(16)14-10-6-1-2-7-11-14/h3-5,8-9,14-15H,1-2,6-7,10-12H2,(H2,17,18). The summed E-state index contributed by atoms with van der Waals surface area (Å²) in [5.74, 6) is 0.751. The average molecular weight is 257 g/mol. The van der Waals surface area contributed by atoms with Crippen LogP contribution in [0.5, 0.6) is 0 Å². The third kappa shape index (κ3) is 2.60. The van der Waals surface area contributed by atoms with E-state index in [9.17, 15) is 0 Å². The zero-order valence-corrected chi connectivity index (χ0v) is 11.5. The number of nitrogens with two attached hydrogens (primary N) is 1. The van der Waals surface area contributed by atoms with Crippen molar-refractivity contribution in [1.82, 2.24) is 4.90 Å². The monoisotopic (exact) mass is 257 g/mol. The van der Waals surface area contributed by atoms with Gasteiger partial charge in [-0.25, -0.2) is 0 Å². The maximum atomic E-state index is 6.16. The first kappa shape index (κ1) is 12.5. The third-order valence-corrected chi connectivity index (χ3v) is 4.43. The molecule has 1 fully saturated rings. The van der Waals surface area contributed by atoms with Crippen molar-refractivity contribution in [2.24, 2.45) is 10.7 Å². The highest BCUT2D eigenvalue weighted by Crippen LogP contribution is 2.32. The number of nitrogens with zero attached hydrogens (tertiary/aromatic N) is 2. The van der Waals surface area contributed by atoms with Crippen molar-refractivity contribution < 1.29 is 0 Å². The van der Waals surface area contributed by atoms with Gasteiger partial charge >= 0.3 is 0 Å². The summed E-state index contributed by atoms with van der Waals surface area (Å²) in [7, 11) is 0. The number of rotatable bonds is 2. The first-order valence-corrected chi connectivity index (χ1v) is 7.49. The van der Waals surface area contributed by atoms with Gasteiger partial charge < -0.3 is 10.6 Å². The Morgan fingerprint density at radius 2 is 1.68 bits per heavy atom. The van der Waals surface area contributed by atoms with Crippen LogP contribution in [-0.2, 0) is 0 Å². The van der Waals surface area contributed by atoms with Crippen LogP contribution < -0.4 is 5.73 Å². The molecule has 2 aliphatic rings. The van der Waals surface area contributed by atoms with Gasteiger partial charge in [0.15, 0.2) is 5.96 Å². The lowest BCUT2D eigenvalue weighted by Gasteiger charge is -2.34. The molecule has 1 aromatic rings. The third-order valence-electron chi connectivity index (χ3n) is 4.43. The molecule has 0 bridgehead atoms. The van der Waals surface area contributed by atoms with Crippen molar-refractivity contribution in [2.75, 3.05) is 6.54 Å². The minimum Gasteiger partial charge on any atom is -0.370 e. The molecule has 1 atom stereocenters. The van der Waals surface area contributed by atoms with Gasteiger partial charge in [-0.1, -0.05) is 56.0 Å². The quantitative estimate of drug-likeness (QED) is 0.827. The minimum absolute atomic E-state index is 0.351. The summed E-state index contributed by atoms with van der Waals surface area (Å²) < 4.78 is 0. The summed E-state index contributed by atoms with van der Waals surface area (Å²) in [6.07, 6.45) is 7.93. The predicted molar refractivity (Wildman–Crippen MR) is 79.0 cm³/mol. The highest BCUT2D eigenvalue weighted by atomic mass is 15.3. The highest BCUT2D eigenvalue weighted by molar-refractivity contribution is 5.80. The summed E-state index contributed by atoms with van der Waals surface area (Å²) in [4.78, 5) is 6.89. The van der Waals surface area contributed by atoms with Crippen LogP contribution in [0, 0.1) is 0 Å². The number of hydrogen-bond donors (Lipinski definition) is 1. The Balaban J connectivity index is 1.81. The van der Waals surface area contributed by atoms with Gasteiger partial charge in [0.25, 0.3) is 0 Å².